The standard InChI is InChI=1S/C36H61N3O32S2/c1-9(43)37-17-24(50)28(15(63-32(17)54)7-61-72(55,56)57)68-35-27(53)31(22(48)14(6-42)65-35)71-34-19(39-11(3)45)25(51)29(16(67-34)8-62-73(58,59)60)69-36-26(52)30(21(47)13(5-41)66-36)70-33-18(38-10(2)44)23(49)20(46)12(4-40)64-33/h12-36,40-42,46-54H,4-8H2,1-3H3,(H,37,43)(H,38,44)(H,39,45)(H,55,56,57)(H,58,59,60)/t12-,13-,14-,15-,16-,17-,18-,19-,20-,21+,22+,23-,24-,25-,26-,27-,28-,29-,30+,31+,32?,33+,34+,35+,36+/m1/s1. The molecule has 0 saturated carbocycles. The van der Waals surface area contributed by atoms with Crippen LogP contribution in [-0.4, -0.2) is 291 Å². The molecule has 0 aromatic heterocycles. The van der Waals surface area contributed by atoms with Gasteiger partial charge in [-0.15, -0.1) is 0 Å². The topological polar surface area (TPSA) is 540 Å². The molecule has 0 bridgehead atoms. The average molecular weight is 1110 g/mol. The fourth-order valence-electron chi connectivity index (χ4n) is 8.52. The van der Waals surface area contributed by atoms with Crippen molar-refractivity contribution in [3.63, 3.8) is 0 Å². The van der Waals surface area contributed by atoms with Crippen molar-refractivity contribution in [1.29, 1.82) is 0 Å². The summed E-state index contributed by atoms with van der Waals surface area (Å²) in [5.41, 5.74) is 0. The van der Waals surface area contributed by atoms with Crippen LogP contribution in [0.4, 0.5) is 0 Å². The van der Waals surface area contributed by atoms with Crippen molar-refractivity contribution in [2.24, 2.45) is 0 Å². The van der Waals surface area contributed by atoms with E-state index in [0.29, 0.717) is 0 Å². The quantitative estimate of drug-likeness (QED) is 0.0503. The minimum atomic E-state index is -5.41. The molecular weight excluding hydrogens is 1050 g/mol. The Morgan fingerprint density at radius 2 is 0.726 bits per heavy atom. The molecule has 25 atom stereocenters. The van der Waals surface area contributed by atoms with Gasteiger partial charge >= 0.3 is 20.8 Å². The molecule has 3 amide bonds. The van der Waals surface area contributed by atoms with Gasteiger partial charge in [-0.1, -0.05) is 0 Å². The van der Waals surface area contributed by atoms with Crippen LogP contribution in [0.1, 0.15) is 20.8 Å². The summed E-state index contributed by atoms with van der Waals surface area (Å²) < 4.78 is 125. The van der Waals surface area contributed by atoms with Gasteiger partial charge in [-0.05, 0) is 0 Å². The van der Waals surface area contributed by atoms with Crippen LogP contribution >= 0.6 is 0 Å². The molecule has 37 heteroatoms. The minimum absolute atomic E-state index is 0.796. The van der Waals surface area contributed by atoms with E-state index in [0.717, 1.165) is 20.8 Å². The zero-order valence-corrected chi connectivity index (χ0v) is 40.0. The van der Waals surface area contributed by atoms with Crippen molar-refractivity contribution < 1.29 is 153 Å². The molecule has 0 aliphatic carbocycles. The molecule has 5 rings (SSSR count). The molecule has 0 aromatic carbocycles. The molecule has 17 N–H and O–H groups in total. The predicted molar refractivity (Wildman–Crippen MR) is 222 cm³/mol. The summed E-state index contributed by atoms with van der Waals surface area (Å²) in [5, 5.41) is 137. The van der Waals surface area contributed by atoms with E-state index in [1.54, 1.807) is 0 Å². The van der Waals surface area contributed by atoms with E-state index in [1.807, 2.05) is 0 Å². The largest absolute Gasteiger partial charge is 0.397 e. The van der Waals surface area contributed by atoms with Crippen molar-refractivity contribution in [2.45, 2.75) is 174 Å². The van der Waals surface area contributed by atoms with Gasteiger partial charge in [0.05, 0.1) is 33.0 Å². The Balaban J connectivity index is 1.46. The van der Waals surface area contributed by atoms with E-state index in [9.17, 15) is 102 Å². The molecule has 424 valence electrons. The van der Waals surface area contributed by atoms with E-state index in [1.165, 1.54) is 0 Å². The summed E-state index contributed by atoms with van der Waals surface area (Å²) in [6.07, 6.45) is -45.1. The highest BCUT2D eigenvalue weighted by Gasteiger charge is 2.57. The van der Waals surface area contributed by atoms with Crippen molar-refractivity contribution in [3.05, 3.63) is 0 Å². The molecule has 73 heavy (non-hydrogen) atoms. The summed E-state index contributed by atoms with van der Waals surface area (Å²) >= 11 is 0. The molecule has 35 nitrogen and oxygen atoms in total. The van der Waals surface area contributed by atoms with Crippen LogP contribution in [0.15, 0.2) is 0 Å². The number of hydrogen-bond acceptors (Lipinski definition) is 30. The Kier molecular flexibility index (Phi) is 21.5. The van der Waals surface area contributed by atoms with E-state index >= 15 is 0 Å². The van der Waals surface area contributed by atoms with Crippen LogP contribution in [0, 0.1) is 0 Å². The van der Waals surface area contributed by atoms with Gasteiger partial charge in [-0.25, -0.2) is 8.37 Å². The third kappa shape index (κ3) is 15.3. The van der Waals surface area contributed by atoms with Gasteiger partial charge in [0.1, 0.15) is 122 Å². The smallest absolute Gasteiger partial charge is 0.394 e. The molecule has 0 spiro atoms. The zero-order chi connectivity index (χ0) is 54.6. The fraction of sp³-hybridized carbons (Fsp3) is 0.917. The van der Waals surface area contributed by atoms with Gasteiger partial charge in [0.2, 0.25) is 17.7 Å². The summed E-state index contributed by atoms with van der Waals surface area (Å²) in [6, 6.07) is -5.37. The molecule has 5 saturated heterocycles. The third-order valence-electron chi connectivity index (χ3n) is 11.9. The first kappa shape index (κ1) is 61.2. The van der Waals surface area contributed by atoms with Crippen molar-refractivity contribution in [3.8, 4) is 0 Å². The van der Waals surface area contributed by atoms with Crippen LogP contribution in [0.3, 0.4) is 0 Å². The van der Waals surface area contributed by atoms with Crippen molar-refractivity contribution in [1.82, 2.24) is 16.0 Å². The maximum atomic E-state index is 12.7. The molecule has 0 radical (unpaired) electrons. The van der Waals surface area contributed by atoms with Gasteiger partial charge in [0, 0.05) is 20.8 Å². The van der Waals surface area contributed by atoms with Crippen LogP contribution in [0.25, 0.3) is 0 Å². The monoisotopic (exact) mass is 1110 g/mol. The highest BCUT2D eigenvalue weighted by atomic mass is 32.3. The fourth-order valence-corrected chi connectivity index (χ4v) is 9.13. The molecule has 5 heterocycles. The number of amides is 3. The SMILES string of the molecule is CC(=O)N[C@H]1[C@H](O[C@H]2[C@@H](O)[C@@H](CO)O[C@@H](O[C@H]3[C@H](O)[C@@H](NC(C)=O)C(O)O[C@@H]3COS(=O)(=O)O)[C@@H]2O)O[C@H](COS(=O)(=O)O)[C@@H](O[C@@H]2O[C@H](CO)[C@H](O)[C@H](O[C@@H]3O[C@H](CO)[C@@H](O)[C@H](O)[C@H]3NC(C)=O)[C@H]2O)[C@@H]1O. The highest BCUT2D eigenvalue weighted by molar-refractivity contribution is 7.81. The van der Waals surface area contributed by atoms with E-state index in [2.05, 4.69) is 24.3 Å². The molecule has 0 aromatic rings. The van der Waals surface area contributed by atoms with Crippen molar-refractivity contribution in [2.75, 3.05) is 33.0 Å². The van der Waals surface area contributed by atoms with Gasteiger partial charge in [0.25, 0.3) is 0 Å². The summed E-state index contributed by atoms with van der Waals surface area (Å²) in [7, 11) is -10.6. The van der Waals surface area contributed by atoms with Gasteiger partial charge in [0.15, 0.2) is 31.5 Å². The number of ether oxygens (including phenoxy) is 9. The van der Waals surface area contributed by atoms with E-state index < -0.39 is 225 Å². The van der Waals surface area contributed by atoms with E-state index in [4.69, 9.17) is 42.6 Å². The summed E-state index contributed by atoms with van der Waals surface area (Å²) in [5.74, 6) is -2.61. The highest BCUT2D eigenvalue weighted by Crippen LogP contribution is 2.36. The lowest BCUT2D eigenvalue weighted by Crippen LogP contribution is -2.70. The maximum absolute atomic E-state index is 12.7. The second-order valence-corrected chi connectivity index (χ2v) is 19.4. The summed E-state index contributed by atoms with van der Waals surface area (Å²) in [6.45, 7) is -2.77. The third-order valence-corrected chi connectivity index (χ3v) is 12.8. The van der Waals surface area contributed by atoms with Gasteiger partial charge in [-0.3, -0.25) is 23.5 Å². The number of rotatable bonds is 20. The average Bonchev–Trinajstić information content (AvgIpc) is 3.29. The Labute approximate surface area is 413 Å². The Morgan fingerprint density at radius 1 is 0.411 bits per heavy atom. The second-order valence-electron chi connectivity index (χ2n) is 17.2. The molecule has 5 aliphatic heterocycles. The van der Waals surface area contributed by atoms with Gasteiger partial charge < -0.3 is 120 Å². The van der Waals surface area contributed by atoms with Crippen LogP contribution < -0.4 is 16.0 Å². The molecule has 5 fully saturated rings. The van der Waals surface area contributed by atoms with Crippen LogP contribution in [0.2, 0.25) is 0 Å². The lowest BCUT2D eigenvalue weighted by atomic mass is 9.94. The first-order chi connectivity index (χ1) is 34.0. The minimum Gasteiger partial charge on any atom is -0.394 e. The summed E-state index contributed by atoms with van der Waals surface area (Å²) in [4.78, 5) is 36.6. The van der Waals surface area contributed by atoms with Gasteiger partial charge in [-0.2, -0.15) is 16.8 Å². The lowest BCUT2D eigenvalue weighted by Gasteiger charge is -2.50. The molecule has 5 aliphatic rings. The lowest BCUT2D eigenvalue weighted by molar-refractivity contribution is -0.382. The number of carbonyl (C=O) groups excluding carboxylic acids is 3. The van der Waals surface area contributed by atoms with E-state index in [-0.39, 0.29) is 0 Å². The van der Waals surface area contributed by atoms with Crippen LogP contribution in [-0.2, 0) is 86.2 Å². The Morgan fingerprint density at radius 3 is 1.11 bits per heavy atom. The van der Waals surface area contributed by atoms with Crippen molar-refractivity contribution >= 4 is 38.5 Å². The number of carbonyl (C=O) groups is 3. The Hall–Kier alpha value is -2.69. The number of hydrogen-bond donors (Lipinski definition) is 17. The van der Waals surface area contributed by atoms with Crippen LogP contribution in [0.5, 0.6) is 0 Å². The number of aliphatic hydroxyl groups excluding tert-OH is 12. The normalized spacial score (nSPS) is 43.7. The first-order valence-electron chi connectivity index (χ1n) is 21.9. The molecular formula is C36H61N3O32S2. The maximum Gasteiger partial charge on any atom is 0.397 e. The number of aliphatic hydroxyl groups is 12. The zero-order valence-electron chi connectivity index (χ0n) is 38.4. The molecule has 1 unspecified atom stereocenters. The number of nitrogens with one attached hydrogen (secondary N) is 3. The first-order valence-corrected chi connectivity index (χ1v) is 24.6. The Bertz CT molecular complexity index is 2070. The second kappa shape index (κ2) is 25.6. The predicted octanol–water partition coefficient (Wildman–Crippen LogP) is -11.8.